The van der Waals surface area contributed by atoms with Gasteiger partial charge in [0.05, 0.1) is 11.9 Å². The van der Waals surface area contributed by atoms with Crippen molar-refractivity contribution < 1.29 is 14.3 Å². The van der Waals surface area contributed by atoms with E-state index in [1.165, 1.54) is 6.20 Å². The third kappa shape index (κ3) is 6.94. The van der Waals surface area contributed by atoms with E-state index in [-0.39, 0.29) is 18.9 Å². The van der Waals surface area contributed by atoms with Gasteiger partial charge in [-0.25, -0.2) is 9.78 Å². The summed E-state index contributed by atoms with van der Waals surface area (Å²) in [5.41, 5.74) is -0.00178. The molecule has 6 nitrogen and oxygen atoms in total. The number of aromatic nitrogens is 1. The highest BCUT2D eigenvalue weighted by molar-refractivity contribution is 6.29. The van der Waals surface area contributed by atoms with Crippen LogP contribution < -0.4 is 10.6 Å². The van der Waals surface area contributed by atoms with Crippen LogP contribution in [0.3, 0.4) is 0 Å². The van der Waals surface area contributed by atoms with Crippen LogP contribution in [0.15, 0.2) is 18.3 Å². The molecule has 1 rings (SSSR count). The molecule has 0 bridgehead atoms. The molecule has 1 heterocycles. The van der Waals surface area contributed by atoms with E-state index in [0.29, 0.717) is 10.8 Å². The smallest absolute Gasteiger partial charge is 0.407 e. The first-order valence-electron chi connectivity index (χ1n) is 6.14. The lowest BCUT2D eigenvalue weighted by Crippen LogP contribution is -2.34. The number of nitrogens with one attached hydrogen (secondary N) is 2. The van der Waals surface area contributed by atoms with Crippen molar-refractivity contribution in [1.82, 2.24) is 10.3 Å². The maximum absolute atomic E-state index is 11.6. The lowest BCUT2D eigenvalue weighted by molar-refractivity contribution is -0.116. The van der Waals surface area contributed by atoms with Crippen molar-refractivity contribution in [3.05, 3.63) is 23.5 Å². The Balaban J connectivity index is 2.27. The van der Waals surface area contributed by atoms with E-state index in [4.69, 9.17) is 16.3 Å². The number of hydrogen-bond donors (Lipinski definition) is 2. The van der Waals surface area contributed by atoms with Gasteiger partial charge in [-0.1, -0.05) is 11.6 Å². The van der Waals surface area contributed by atoms with Crippen molar-refractivity contribution in [2.45, 2.75) is 32.8 Å². The van der Waals surface area contributed by atoms with Crippen molar-refractivity contribution in [1.29, 1.82) is 0 Å². The summed E-state index contributed by atoms with van der Waals surface area (Å²) in [6.07, 6.45) is 1.06. The molecule has 0 saturated heterocycles. The Morgan fingerprint density at radius 1 is 1.35 bits per heavy atom. The van der Waals surface area contributed by atoms with Crippen LogP contribution in [0.1, 0.15) is 27.2 Å². The van der Waals surface area contributed by atoms with Crippen molar-refractivity contribution in [2.75, 3.05) is 11.9 Å². The Hall–Kier alpha value is -1.82. The van der Waals surface area contributed by atoms with Crippen molar-refractivity contribution >= 4 is 29.3 Å². The molecule has 2 amide bonds. The number of pyridine rings is 1. The van der Waals surface area contributed by atoms with Gasteiger partial charge in [-0.2, -0.15) is 0 Å². The number of carbonyl (C=O) groups excluding carboxylic acids is 2. The number of hydrogen-bond acceptors (Lipinski definition) is 4. The van der Waals surface area contributed by atoms with Gasteiger partial charge in [-0.15, -0.1) is 0 Å². The number of amides is 2. The monoisotopic (exact) mass is 299 g/mol. The third-order valence-corrected chi connectivity index (χ3v) is 2.26. The summed E-state index contributed by atoms with van der Waals surface area (Å²) >= 11 is 5.63. The van der Waals surface area contributed by atoms with Gasteiger partial charge in [0, 0.05) is 13.0 Å². The van der Waals surface area contributed by atoms with Crippen LogP contribution in [0, 0.1) is 0 Å². The molecule has 0 atom stereocenters. The van der Waals surface area contributed by atoms with E-state index in [2.05, 4.69) is 15.6 Å². The summed E-state index contributed by atoms with van der Waals surface area (Å²) in [5, 5.41) is 5.50. The highest BCUT2D eigenvalue weighted by atomic mass is 35.5. The van der Waals surface area contributed by atoms with E-state index >= 15 is 0 Å². The zero-order valence-corrected chi connectivity index (χ0v) is 12.5. The Kier molecular flexibility index (Phi) is 5.76. The fraction of sp³-hybridized carbons (Fsp3) is 0.462. The first-order valence-corrected chi connectivity index (χ1v) is 6.52. The number of ether oxygens (including phenoxy) is 1. The Morgan fingerprint density at radius 3 is 2.60 bits per heavy atom. The van der Waals surface area contributed by atoms with E-state index in [9.17, 15) is 9.59 Å². The highest BCUT2D eigenvalue weighted by Gasteiger charge is 2.15. The minimum absolute atomic E-state index is 0.141. The van der Waals surface area contributed by atoms with Crippen LogP contribution in [0.2, 0.25) is 5.15 Å². The zero-order chi connectivity index (χ0) is 15.2. The second-order valence-electron chi connectivity index (χ2n) is 5.10. The summed E-state index contributed by atoms with van der Waals surface area (Å²) in [4.78, 5) is 26.8. The lowest BCUT2D eigenvalue weighted by Gasteiger charge is -2.19. The zero-order valence-electron chi connectivity index (χ0n) is 11.7. The molecule has 0 aliphatic rings. The van der Waals surface area contributed by atoms with Crippen molar-refractivity contribution in [3.63, 3.8) is 0 Å². The second kappa shape index (κ2) is 7.09. The number of anilines is 1. The van der Waals surface area contributed by atoms with Gasteiger partial charge in [-0.05, 0) is 32.9 Å². The van der Waals surface area contributed by atoms with E-state index in [1.807, 2.05) is 0 Å². The molecule has 1 aromatic rings. The number of halogens is 1. The van der Waals surface area contributed by atoms with Gasteiger partial charge in [0.25, 0.3) is 0 Å². The second-order valence-corrected chi connectivity index (χ2v) is 5.48. The average Bonchev–Trinajstić information content (AvgIpc) is 2.29. The molecule has 0 saturated carbocycles. The number of carbonyl (C=O) groups is 2. The van der Waals surface area contributed by atoms with Gasteiger partial charge >= 0.3 is 6.09 Å². The summed E-state index contributed by atoms with van der Waals surface area (Å²) in [6.45, 7) is 5.51. The molecular formula is C13H18ClN3O3. The number of rotatable bonds is 4. The molecule has 20 heavy (non-hydrogen) atoms. The molecule has 0 radical (unpaired) electrons. The van der Waals surface area contributed by atoms with Crippen LogP contribution in [-0.4, -0.2) is 29.1 Å². The fourth-order valence-electron chi connectivity index (χ4n) is 1.27. The third-order valence-electron chi connectivity index (χ3n) is 2.03. The average molecular weight is 300 g/mol. The van der Waals surface area contributed by atoms with Gasteiger partial charge in [-0.3, -0.25) is 4.79 Å². The highest BCUT2D eigenvalue weighted by Crippen LogP contribution is 2.10. The van der Waals surface area contributed by atoms with Crippen LogP contribution in [0.5, 0.6) is 0 Å². The van der Waals surface area contributed by atoms with Crippen LogP contribution in [0.4, 0.5) is 10.5 Å². The molecule has 0 unspecified atom stereocenters. The lowest BCUT2D eigenvalue weighted by atomic mass is 10.2. The molecule has 0 aliphatic carbocycles. The molecule has 0 aliphatic heterocycles. The van der Waals surface area contributed by atoms with Crippen LogP contribution >= 0.6 is 11.6 Å². The molecule has 7 heteroatoms. The van der Waals surface area contributed by atoms with Gasteiger partial charge in [0.1, 0.15) is 10.8 Å². The first-order chi connectivity index (χ1) is 9.26. The number of nitrogens with zero attached hydrogens (tertiary/aromatic N) is 1. The van der Waals surface area contributed by atoms with E-state index in [0.717, 1.165) is 0 Å². The minimum atomic E-state index is -0.554. The van der Waals surface area contributed by atoms with E-state index < -0.39 is 11.7 Å². The van der Waals surface area contributed by atoms with Crippen molar-refractivity contribution in [3.8, 4) is 0 Å². The van der Waals surface area contributed by atoms with Crippen LogP contribution in [0.25, 0.3) is 0 Å². The molecule has 1 aromatic heterocycles. The van der Waals surface area contributed by atoms with Gasteiger partial charge in [0.15, 0.2) is 0 Å². The molecular weight excluding hydrogens is 282 g/mol. The Bertz CT molecular complexity index is 469. The van der Waals surface area contributed by atoms with Gasteiger partial charge < -0.3 is 15.4 Å². The molecule has 0 spiro atoms. The Morgan fingerprint density at radius 2 is 2.05 bits per heavy atom. The molecule has 2 N–H and O–H groups in total. The SMILES string of the molecule is CC(C)(C)OC(=O)NCCC(=O)Nc1ccc(Cl)nc1. The standard InChI is InChI=1S/C13H18ClN3O3/c1-13(2,3)20-12(19)15-7-6-11(18)17-9-4-5-10(14)16-8-9/h4-5,8H,6-7H2,1-3H3,(H,15,19)(H,17,18). The summed E-state index contributed by atoms with van der Waals surface area (Å²) in [7, 11) is 0. The first kappa shape index (κ1) is 16.2. The quantitative estimate of drug-likeness (QED) is 0.837. The predicted molar refractivity (Wildman–Crippen MR) is 76.7 cm³/mol. The van der Waals surface area contributed by atoms with Crippen LogP contribution in [-0.2, 0) is 9.53 Å². The topological polar surface area (TPSA) is 80.3 Å². The predicted octanol–water partition coefficient (Wildman–Crippen LogP) is 2.59. The number of alkyl carbamates (subject to hydrolysis) is 1. The summed E-state index contributed by atoms with van der Waals surface area (Å²) in [5.74, 6) is -0.231. The minimum Gasteiger partial charge on any atom is -0.444 e. The Labute approximate surface area is 122 Å². The normalized spacial score (nSPS) is 10.8. The van der Waals surface area contributed by atoms with E-state index in [1.54, 1.807) is 32.9 Å². The maximum atomic E-state index is 11.6. The largest absolute Gasteiger partial charge is 0.444 e. The summed E-state index contributed by atoms with van der Waals surface area (Å²) < 4.78 is 5.04. The summed E-state index contributed by atoms with van der Waals surface area (Å²) in [6, 6.07) is 3.23. The van der Waals surface area contributed by atoms with Crippen molar-refractivity contribution in [2.24, 2.45) is 0 Å². The maximum Gasteiger partial charge on any atom is 0.407 e. The molecule has 0 fully saturated rings. The molecule has 110 valence electrons. The fourth-order valence-corrected chi connectivity index (χ4v) is 1.38. The molecule has 0 aromatic carbocycles. The van der Waals surface area contributed by atoms with Gasteiger partial charge in [0.2, 0.25) is 5.91 Å².